The fourth-order valence-corrected chi connectivity index (χ4v) is 9.18. The van der Waals surface area contributed by atoms with Gasteiger partial charge in [0.2, 0.25) is 11.8 Å². The van der Waals surface area contributed by atoms with Crippen molar-refractivity contribution < 1.29 is 38.5 Å². The van der Waals surface area contributed by atoms with Crippen molar-refractivity contribution in [2.75, 3.05) is 25.2 Å². The van der Waals surface area contributed by atoms with Crippen LogP contribution in [0.5, 0.6) is 5.75 Å². The number of fused-ring (bicyclic) bond motifs is 4. The molecule has 6 aromatic rings. The van der Waals surface area contributed by atoms with Gasteiger partial charge in [-0.15, -0.1) is 5.10 Å². The van der Waals surface area contributed by atoms with Crippen LogP contribution in [0.4, 0.5) is 10.5 Å². The fourth-order valence-electron chi connectivity index (χ4n) is 9.18. The topological polar surface area (TPSA) is 179 Å². The lowest BCUT2D eigenvalue weighted by Gasteiger charge is -2.46. The zero-order chi connectivity index (χ0) is 41.5. The van der Waals surface area contributed by atoms with Crippen molar-refractivity contribution >= 4 is 40.6 Å². The first-order valence-corrected chi connectivity index (χ1v) is 19.3. The summed E-state index contributed by atoms with van der Waals surface area (Å²) >= 11 is 0. The zero-order valence-electron chi connectivity index (χ0n) is 32.3. The second-order valence-electron chi connectivity index (χ2n) is 14.8. The maximum absolute atomic E-state index is 15.8. The van der Waals surface area contributed by atoms with E-state index >= 15 is 4.79 Å². The lowest BCUT2D eigenvalue weighted by atomic mass is 9.65. The molecule has 0 radical (unpaired) electrons. The van der Waals surface area contributed by atoms with Crippen molar-refractivity contribution in [1.29, 1.82) is 0 Å². The van der Waals surface area contributed by atoms with Crippen molar-refractivity contribution in [3.05, 3.63) is 155 Å². The highest BCUT2D eigenvalue weighted by Crippen LogP contribution is 2.65. The molecular weight excluding hydrogens is 765 g/mol. The van der Waals surface area contributed by atoms with E-state index in [2.05, 4.69) is 22.2 Å². The third-order valence-corrected chi connectivity index (χ3v) is 11.6. The van der Waals surface area contributed by atoms with E-state index < -0.39 is 59.4 Å². The normalized spacial score (nSPS) is 23.1. The number of cyclic esters (lactones) is 1. The van der Waals surface area contributed by atoms with Crippen molar-refractivity contribution in [2.45, 2.75) is 36.2 Å². The van der Waals surface area contributed by atoms with E-state index in [1.807, 2.05) is 89.8 Å². The molecule has 60 heavy (non-hydrogen) atoms. The predicted octanol–water partition coefficient (Wildman–Crippen LogP) is 5.12. The standard InChI is InChI=1S/C46H38N6O8/c1-58-25-26-59-45(57)51-35-23-18-28(11-10-24-50-36-17-9-8-16-34(36)48-49-50)27-33(35)46(44(51)56)37(42(47)54)39-43(55)60-40(30-14-6-3-7-15-30)38(29-12-4-2-5-13-29)52(39)41(46)31-19-21-32(53)22-20-31/h2-9,12-23,27,37-41,53H,24-26H2,1H3,(H2,47,54)/t37-,38-,39-,40+,41+,46-/m0/s1. The number of phenols is 1. The Hall–Kier alpha value is -7.34. The number of aromatic nitrogens is 3. The number of methoxy groups -OCH3 is 1. The van der Waals surface area contributed by atoms with E-state index in [4.69, 9.17) is 19.9 Å². The summed E-state index contributed by atoms with van der Waals surface area (Å²) in [5.41, 5.74) is 8.58. The van der Waals surface area contributed by atoms with Crippen molar-refractivity contribution in [3.63, 3.8) is 0 Å². The molecule has 5 aromatic carbocycles. The quantitative estimate of drug-likeness (QED) is 0.119. The van der Waals surface area contributed by atoms with Gasteiger partial charge in [-0.1, -0.05) is 102 Å². The maximum Gasteiger partial charge on any atom is 0.421 e. The molecule has 1 spiro atoms. The molecule has 6 atom stereocenters. The van der Waals surface area contributed by atoms with Crippen LogP contribution < -0.4 is 10.6 Å². The summed E-state index contributed by atoms with van der Waals surface area (Å²) in [6, 6.07) is 33.9. The molecule has 1 aromatic heterocycles. The van der Waals surface area contributed by atoms with Crippen molar-refractivity contribution in [2.24, 2.45) is 11.7 Å². The molecule has 0 unspecified atom stereocenters. The number of aromatic hydroxyl groups is 1. The number of morpholine rings is 1. The molecule has 0 aliphatic carbocycles. The number of ether oxygens (including phenoxy) is 3. The van der Waals surface area contributed by atoms with Gasteiger partial charge in [0.1, 0.15) is 42.0 Å². The Kier molecular flexibility index (Phi) is 9.83. The third-order valence-electron chi connectivity index (χ3n) is 11.6. The highest BCUT2D eigenvalue weighted by atomic mass is 16.6. The molecule has 3 amide bonds. The zero-order valence-corrected chi connectivity index (χ0v) is 32.3. The summed E-state index contributed by atoms with van der Waals surface area (Å²) in [7, 11) is 1.45. The Morgan fingerprint density at radius 2 is 1.55 bits per heavy atom. The van der Waals surface area contributed by atoms with Gasteiger partial charge < -0.3 is 25.1 Å². The predicted molar refractivity (Wildman–Crippen MR) is 217 cm³/mol. The summed E-state index contributed by atoms with van der Waals surface area (Å²) < 4.78 is 18.7. The Morgan fingerprint density at radius 3 is 2.27 bits per heavy atom. The minimum atomic E-state index is -2.04. The Labute approximate surface area is 344 Å². The Balaban J connectivity index is 1.29. The van der Waals surface area contributed by atoms with Crippen molar-refractivity contribution in [3.8, 4) is 17.6 Å². The summed E-state index contributed by atoms with van der Waals surface area (Å²) in [6.07, 6.45) is -1.91. The minimum absolute atomic E-state index is 0.0483. The van der Waals surface area contributed by atoms with Gasteiger partial charge in [0.25, 0.3) is 0 Å². The second-order valence-corrected chi connectivity index (χ2v) is 14.8. The SMILES string of the molecule is COCCOC(=O)N1C(=O)[C@@]2(c3cc(C#CCn4nnc5ccccc54)ccc31)[C@H](C(N)=O)[C@H]1C(=O)O[C@H](c3ccccc3)[C@H](c3ccccc3)N1[C@@H]2c1ccc(O)cc1. The van der Waals surface area contributed by atoms with Crippen LogP contribution in [0.25, 0.3) is 11.0 Å². The first-order valence-electron chi connectivity index (χ1n) is 19.3. The molecule has 0 bridgehead atoms. The number of amides is 3. The van der Waals surface area contributed by atoms with Gasteiger partial charge in [-0.05, 0) is 64.7 Å². The summed E-state index contributed by atoms with van der Waals surface area (Å²) in [4.78, 5) is 61.7. The molecule has 2 fully saturated rings. The number of nitrogens with two attached hydrogens (primary N) is 1. The first-order chi connectivity index (χ1) is 29.2. The largest absolute Gasteiger partial charge is 0.508 e. The summed E-state index contributed by atoms with van der Waals surface area (Å²) in [5.74, 6) is 2.12. The maximum atomic E-state index is 15.8. The average molecular weight is 803 g/mol. The van der Waals surface area contributed by atoms with Crippen LogP contribution in [-0.4, -0.2) is 75.2 Å². The van der Waals surface area contributed by atoms with Gasteiger partial charge in [-0.2, -0.15) is 0 Å². The van der Waals surface area contributed by atoms with Crippen LogP contribution >= 0.6 is 0 Å². The molecular formula is C46H38N6O8. The molecule has 4 heterocycles. The number of benzene rings is 5. The number of nitrogens with zero attached hydrogens (tertiary/aromatic N) is 5. The van der Waals surface area contributed by atoms with Crippen LogP contribution in [-0.2, 0) is 40.6 Å². The second kappa shape index (κ2) is 15.4. The molecule has 14 nitrogen and oxygen atoms in total. The van der Waals surface area contributed by atoms with Crippen LogP contribution in [0.15, 0.2) is 127 Å². The molecule has 2 saturated heterocycles. The smallest absolute Gasteiger partial charge is 0.421 e. The number of carbonyl (C=O) groups excluding carboxylic acids is 4. The number of primary amides is 1. The van der Waals surface area contributed by atoms with Crippen LogP contribution in [0.1, 0.15) is 46.0 Å². The van der Waals surface area contributed by atoms with Gasteiger partial charge in [-0.3, -0.25) is 19.3 Å². The van der Waals surface area contributed by atoms with E-state index in [1.165, 1.54) is 19.2 Å². The van der Waals surface area contributed by atoms with Gasteiger partial charge in [-0.25, -0.2) is 14.4 Å². The molecule has 3 aliphatic rings. The third kappa shape index (κ3) is 6.14. The monoisotopic (exact) mass is 802 g/mol. The number of hydrogen-bond donors (Lipinski definition) is 2. The van der Waals surface area contributed by atoms with E-state index in [0.29, 0.717) is 22.2 Å². The minimum Gasteiger partial charge on any atom is -0.508 e. The van der Waals surface area contributed by atoms with Crippen LogP contribution in [0, 0.1) is 17.8 Å². The Morgan fingerprint density at radius 1 is 0.850 bits per heavy atom. The van der Waals surface area contributed by atoms with E-state index in [0.717, 1.165) is 16.0 Å². The number of anilines is 1. The number of rotatable bonds is 8. The van der Waals surface area contributed by atoms with Crippen LogP contribution in [0.3, 0.4) is 0 Å². The van der Waals surface area contributed by atoms with E-state index in [-0.39, 0.29) is 36.8 Å². The Bertz CT molecular complexity index is 2700. The number of para-hydroxylation sites is 1. The summed E-state index contributed by atoms with van der Waals surface area (Å²) in [5, 5.41) is 19.0. The molecule has 3 N–H and O–H groups in total. The average Bonchev–Trinajstić information content (AvgIpc) is 3.90. The van der Waals surface area contributed by atoms with E-state index in [9.17, 15) is 19.5 Å². The molecule has 14 heteroatoms. The highest BCUT2D eigenvalue weighted by molar-refractivity contribution is 6.23. The van der Waals surface area contributed by atoms with Gasteiger partial charge in [0, 0.05) is 12.7 Å². The number of carbonyl (C=O) groups is 4. The number of hydrogen-bond acceptors (Lipinski definition) is 11. The van der Waals surface area contributed by atoms with Crippen LogP contribution in [0.2, 0.25) is 0 Å². The number of imide groups is 1. The molecule has 300 valence electrons. The summed E-state index contributed by atoms with van der Waals surface area (Å²) in [6.45, 7) is 0.0717. The molecule has 0 saturated carbocycles. The van der Waals surface area contributed by atoms with E-state index in [1.54, 1.807) is 35.0 Å². The van der Waals surface area contributed by atoms with Gasteiger partial charge >= 0.3 is 12.1 Å². The lowest BCUT2D eigenvalue weighted by Crippen LogP contribution is -2.55. The lowest BCUT2D eigenvalue weighted by molar-refractivity contribution is -0.178. The molecule has 3 aliphatic heterocycles. The molecule has 9 rings (SSSR count). The van der Waals surface area contributed by atoms with Gasteiger partial charge in [0.15, 0.2) is 0 Å². The number of phenolic OH excluding ortho intramolecular Hbond substituents is 1. The fraction of sp³-hybridized carbons (Fsp3) is 0.217. The highest BCUT2D eigenvalue weighted by Gasteiger charge is 2.75. The van der Waals surface area contributed by atoms with Crippen molar-refractivity contribution in [1.82, 2.24) is 19.9 Å². The number of esters is 1. The van der Waals surface area contributed by atoms with Gasteiger partial charge in [0.05, 0.1) is 35.8 Å². The first kappa shape index (κ1) is 38.2.